The first-order valence-corrected chi connectivity index (χ1v) is 9.31. The van der Waals surface area contributed by atoms with E-state index < -0.39 is 0 Å². The highest BCUT2D eigenvalue weighted by atomic mass is 35.5. The second-order valence-corrected chi connectivity index (χ2v) is 6.92. The molecule has 4 rings (SSSR count). The Hall–Kier alpha value is -3.05. The van der Waals surface area contributed by atoms with E-state index in [9.17, 15) is 4.79 Å². The van der Waals surface area contributed by atoms with E-state index in [0.717, 1.165) is 17.6 Å². The van der Waals surface area contributed by atoms with Crippen molar-refractivity contribution in [2.75, 3.05) is 13.7 Å². The summed E-state index contributed by atoms with van der Waals surface area (Å²) in [6.07, 6.45) is 4.45. The van der Waals surface area contributed by atoms with Gasteiger partial charge in [-0.1, -0.05) is 30.3 Å². The molecule has 0 spiro atoms. The van der Waals surface area contributed by atoms with Crippen LogP contribution in [0.25, 0.3) is 22.6 Å². The maximum absolute atomic E-state index is 12.8. The minimum atomic E-state index is -0.0363. The summed E-state index contributed by atoms with van der Waals surface area (Å²) in [6, 6.07) is 10.9. The topological polar surface area (TPSA) is 53.4 Å². The number of hydrogen-bond donors (Lipinski definition) is 0. The van der Waals surface area contributed by atoms with Crippen LogP contribution >= 0.6 is 11.6 Å². The smallest absolute Gasteiger partial charge is 0.261 e. The Balaban J connectivity index is 1.76. The zero-order valence-electron chi connectivity index (χ0n) is 15.4. The van der Waals surface area contributed by atoms with Crippen molar-refractivity contribution in [3.8, 4) is 11.5 Å². The lowest BCUT2D eigenvalue weighted by atomic mass is 10.1. The Morgan fingerprint density at radius 1 is 1.25 bits per heavy atom. The SMILES string of the molecule is C=CCOc1ccc(C=C2CCn3c2nc2cc(Cl)ccc2c3=O)cc1OC. The van der Waals surface area contributed by atoms with Gasteiger partial charge in [-0.05, 0) is 54.0 Å². The van der Waals surface area contributed by atoms with Crippen LogP contribution in [0.4, 0.5) is 0 Å². The fourth-order valence-electron chi connectivity index (χ4n) is 3.37. The fourth-order valence-corrected chi connectivity index (χ4v) is 3.54. The molecule has 5 nitrogen and oxygen atoms in total. The van der Waals surface area contributed by atoms with Crippen LogP contribution in [0.1, 0.15) is 17.8 Å². The summed E-state index contributed by atoms with van der Waals surface area (Å²) in [5.74, 6) is 1.99. The summed E-state index contributed by atoms with van der Waals surface area (Å²) in [5, 5.41) is 1.15. The van der Waals surface area contributed by atoms with Crippen LogP contribution in [-0.2, 0) is 6.54 Å². The van der Waals surface area contributed by atoms with Gasteiger partial charge in [0.1, 0.15) is 12.4 Å². The molecule has 0 saturated carbocycles. The second-order valence-electron chi connectivity index (χ2n) is 6.48. The normalized spacial score (nSPS) is 14.3. The molecule has 1 aromatic heterocycles. The minimum absolute atomic E-state index is 0.0363. The van der Waals surface area contributed by atoms with Gasteiger partial charge in [0.25, 0.3) is 5.56 Å². The van der Waals surface area contributed by atoms with Crippen molar-refractivity contribution in [3.05, 3.63) is 75.8 Å². The van der Waals surface area contributed by atoms with Gasteiger partial charge in [-0.25, -0.2) is 4.98 Å². The Bertz CT molecular complexity index is 1160. The van der Waals surface area contributed by atoms with Crippen molar-refractivity contribution in [1.82, 2.24) is 9.55 Å². The molecule has 1 aliphatic heterocycles. The zero-order chi connectivity index (χ0) is 19.7. The molecule has 0 N–H and O–H groups in total. The minimum Gasteiger partial charge on any atom is -0.493 e. The zero-order valence-corrected chi connectivity index (χ0v) is 16.2. The van der Waals surface area contributed by atoms with E-state index in [0.29, 0.717) is 46.4 Å². The van der Waals surface area contributed by atoms with Crippen LogP contribution < -0.4 is 15.0 Å². The van der Waals surface area contributed by atoms with E-state index in [-0.39, 0.29) is 5.56 Å². The lowest BCUT2D eigenvalue weighted by Crippen LogP contribution is -2.20. The third-order valence-corrected chi connectivity index (χ3v) is 4.93. The molecule has 142 valence electrons. The molecule has 0 unspecified atom stereocenters. The lowest BCUT2D eigenvalue weighted by Gasteiger charge is -2.10. The highest BCUT2D eigenvalue weighted by Gasteiger charge is 2.21. The average molecular weight is 395 g/mol. The molecule has 2 aromatic carbocycles. The van der Waals surface area contributed by atoms with Crippen LogP contribution in [0.3, 0.4) is 0 Å². The standard InChI is InChI=1S/C22H19ClN2O3/c1-3-10-28-19-7-4-14(12-20(19)27-2)11-15-8-9-25-21(15)24-18-13-16(23)5-6-17(18)22(25)26/h3-7,11-13H,1,8-10H2,2H3. The first-order valence-electron chi connectivity index (χ1n) is 8.93. The molecule has 0 bridgehead atoms. The molecular formula is C22H19ClN2O3. The predicted molar refractivity (Wildman–Crippen MR) is 112 cm³/mol. The summed E-state index contributed by atoms with van der Waals surface area (Å²) >= 11 is 6.08. The molecule has 3 aromatic rings. The van der Waals surface area contributed by atoms with Crippen molar-refractivity contribution in [1.29, 1.82) is 0 Å². The van der Waals surface area contributed by atoms with Gasteiger partial charge in [-0.2, -0.15) is 0 Å². The van der Waals surface area contributed by atoms with Gasteiger partial charge in [-0.3, -0.25) is 9.36 Å². The van der Waals surface area contributed by atoms with Gasteiger partial charge in [0.15, 0.2) is 11.5 Å². The third-order valence-electron chi connectivity index (χ3n) is 4.69. The van der Waals surface area contributed by atoms with E-state index in [1.54, 1.807) is 36.0 Å². The van der Waals surface area contributed by atoms with Gasteiger partial charge >= 0.3 is 0 Å². The Labute approximate surface area is 167 Å². The van der Waals surface area contributed by atoms with Crippen molar-refractivity contribution in [3.63, 3.8) is 0 Å². The van der Waals surface area contributed by atoms with Crippen LogP contribution in [-0.4, -0.2) is 23.3 Å². The predicted octanol–water partition coefficient (Wildman–Crippen LogP) is 4.57. The van der Waals surface area contributed by atoms with Crippen LogP contribution in [0.5, 0.6) is 11.5 Å². The number of nitrogens with zero attached hydrogens (tertiary/aromatic N) is 2. The van der Waals surface area contributed by atoms with Crippen molar-refractivity contribution >= 4 is 34.2 Å². The molecule has 0 radical (unpaired) electrons. The van der Waals surface area contributed by atoms with Crippen molar-refractivity contribution in [2.45, 2.75) is 13.0 Å². The molecule has 0 saturated heterocycles. The molecule has 6 heteroatoms. The van der Waals surface area contributed by atoms with Gasteiger partial charge in [0.05, 0.1) is 18.0 Å². The van der Waals surface area contributed by atoms with Gasteiger partial charge < -0.3 is 9.47 Å². The Morgan fingerprint density at radius 3 is 2.89 bits per heavy atom. The number of benzene rings is 2. The Morgan fingerprint density at radius 2 is 2.11 bits per heavy atom. The number of hydrogen-bond acceptors (Lipinski definition) is 4. The first-order chi connectivity index (χ1) is 13.6. The highest BCUT2D eigenvalue weighted by molar-refractivity contribution is 6.31. The van der Waals surface area contributed by atoms with E-state index in [4.69, 9.17) is 26.1 Å². The maximum Gasteiger partial charge on any atom is 0.261 e. The summed E-state index contributed by atoms with van der Waals surface area (Å²) in [7, 11) is 1.61. The number of ether oxygens (including phenoxy) is 2. The molecule has 2 heterocycles. The number of rotatable bonds is 5. The summed E-state index contributed by atoms with van der Waals surface area (Å²) in [4.78, 5) is 17.5. The monoisotopic (exact) mass is 394 g/mol. The van der Waals surface area contributed by atoms with Crippen LogP contribution in [0.2, 0.25) is 5.02 Å². The van der Waals surface area contributed by atoms with Gasteiger partial charge in [-0.15, -0.1) is 0 Å². The lowest BCUT2D eigenvalue weighted by molar-refractivity contribution is 0.326. The fraction of sp³-hybridized carbons (Fsp3) is 0.182. The van der Waals surface area contributed by atoms with E-state index >= 15 is 0 Å². The second kappa shape index (κ2) is 7.52. The first kappa shape index (κ1) is 18.3. The summed E-state index contributed by atoms with van der Waals surface area (Å²) in [6.45, 7) is 4.68. The molecule has 0 amide bonds. The molecule has 0 atom stereocenters. The van der Waals surface area contributed by atoms with E-state index in [1.807, 2.05) is 24.3 Å². The molecular weight excluding hydrogens is 376 g/mol. The maximum atomic E-state index is 12.8. The summed E-state index contributed by atoms with van der Waals surface area (Å²) < 4.78 is 12.8. The van der Waals surface area contributed by atoms with E-state index in [2.05, 4.69) is 6.58 Å². The molecule has 28 heavy (non-hydrogen) atoms. The number of aromatic nitrogens is 2. The average Bonchev–Trinajstić information content (AvgIpc) is 3.09. The number of halogens is 1. The molecule has 0 fully saturated rings. The van der Waals surface area contributed by atoms with Crippen LogP contribution in [0.15, 0.2) is 53.8 Å². The molecule has 0 aliphatic carbocycles. The largest absolute Gasteiger partial charge is 0.493 e. The number of allylic oxidation sites excluding steroid dienone is 1. The number of fused-ring (bicyclic) bond motifs is 2. The quantitative estimate of drug-likeness (QED) is 0.595. The van der Waals surface area contributed by atoms with Crippen molar-refractivity contribution in [2.24, 2.45) is 0 Å². The Kier molecular flexibility index (Phi) is 4.92. The van der Waals surface area contributed by atoms with E-state index in [1.165, 1.54) is 0 Å². The third kappa shape index (κ3) is 3.29. The number of methoxy groups -OCH3 is 1. The highest BCUT2D eigenvalue weighted by Crippen LogP contribution is 2.32. The molecule has 1 aliphatic rings. The van der Waals surface area contributed by atoms with Crippen molar-refractivity contribution < 1.29 is 9.47 Å². The van der Waals surface area contributed by atoms with Crippen LogP contribution in [0, 0.1) is 0 Å². The van der Waals surface area contributed by atoms with Gasteiger partial charge in [0.2, 0.25) is 0 Å². The van der Waals surface area contributed by atoms with Gasteiger partial charge in [0, 0.05) is 11.6 Å². The summed E-state index contributed by atoms with van der Waals surface area (Å²) in [5.41, 5.74) is 2.53.